The van der Waals surface area contributed by atoms with Crippen molar-refractivity contribution in [1.29, 1.82) is 0 Å². The third-order valence-corrected chi connectivity index (χ3v) is 7.82. The number of amides is 1. The van der Waals surface area contributed by atoms with Crippen LogP contribution in [-0.2, 0) is 7.05 Å². The maximum Gasteiger partial charge on any atom is 0.251 e. The summed E-state index contributed by atoms with van der Waals surface area (Å²) in [7, 11) is 3.76. The lowest BCUT2D eigenvalue weighted by Gasteiger charge is -2.50. The number of carbonyl (C=O) groups is 1. The second-order valence-corrected chi connectivity index (χ2v) is 9.58. The van der Waals surface area contributed by atoms with Gasteiger partial charge in [-0.05, 0) is 68.5 Å². The summed E-state index contributed by atoms with van der Waals surface area (Å²) in [5.74, 6) is 2.68. The van der Waals surface area contributed by atoms with Gasteiger partial charge in [0, 0.05) is 49.3 Å². The second kappa shape index (κ2) is 8.65. The predicted octanol–water partition coefficient (Wildman–Crippen LogP) is 3.69. The summed E-state index contributed by atoms with van der Waals surface area (Å²) in [6, 6.07) is 10.1. The first-order valence-electron chi connectivity index (χ1n) is 11.8. The SMILES string of the molecule is COc1ccc(C(=O)NC[C@H]2C[C@@H]3CCN2C[C@H]3c2cc(C3CCCC3)nn2C)cc1. The lowest BCUT2D eigenvalue weighted by Crippen LogP contribution is -2.56. The van der Waals surface area contributed by atoms with Crippen LogP contribution in [0.3, 0.4) is 0 Å². The lowest BCUT2D eigenvalue weighted by atomic mass is 9.74. The number of aryl methyl sites for hydroxylation is 1. The van der Waals surface area contributed by atoms with E-state index in [1.165, 1.54) is 43.5 Å². The summed E-state index contributed by atoms with van der Waals surface area (Å²) < 4.78 is 7.33. The Hall–Kier alpha value is -2.34. The number of piperidine rings is 3. The molecule has 166 valence electrons. The standard InChI is InChI=1S/C25H34N4O2/c1-28-24(14-23(27-28)17-5-3-4-6-17)22-16-29-12-11-19(22)13-20(29)15-26-25(30)18-7-9-21(31-2)10-8-18/h7-10,14,17,19-20,22H,3-6,11-13,15-16H2,1-2H3,(H,26,30)/t19-,20+,22+/m0/s1. The van der Waals surface area contributed by atoms with Crippen LogP contribution in [-0.4, -0.2) is 53.4 Å². The molecule has 3 aliphatic heterocycles. The minimum absolute atomic E-state index is 0.00492. The Kier molecular flexibility index (Phi) is 5.74. The summed E-state index contributed by atoms with van der Waals surface area (Å²) >= 11 is 0. The van der Waals surface area contributed by atoms with E-state index in [0.717, 1.165) is 25.3 Å². The van der Waals surface area contributed by atoms with Crippen LogP contribution in [0, 0.1) is 5.92 Å². The Morgan fingerprint density at radius 2 is 1.97 bits per heavy atom. The molecule has 0 spiro atoms. The van der Waals surface area contributed by atoms with E-state index in [4.69, 9.17) is 9.84 Å². The largest absolute Gasteiger partial charge is 0.497 e. The molecule has 1 unspecified atom stereocenters. The Bertz CT molecular complexity index is 916. The zero-order valence-corrected chi connectivity index (χ0v) is 18.7. The first-order chi connectivity index (χ1) is 15.1. The van der Waals surface area contributed by atoms with E-state index in [1.54, 1.807) is 7.11 Å². The number of hydrogen-bond donors (Lipinski definition) is 1. The molecule has 0 radical (unpaired) electrons. The van der Waals surface area contributed by atoms with E-state index in [9.17, 15) is 4.79 Å². The summed E-state index contributed by atoms with van der Waals surface area (Å²) in [5, 5.41) is 8.07. The van der Waals surface area contributed by atoms with Gasteiger partial charge in [0.15, 0.2) is 0 Å². The molecule has 1 N–H and O–H groups in total. The van der Waals surface area contributed by atoms with Crippen molar-refractivity contribution >= 4 is 5.91 Å². The highest BCUT2D eigenvalue weighted by Gasteiger charge is 2.42. The molecule has 4 aliphatic rings. The van der Waals surface area contributed by atoms with Crippen LogP contribution >= 0.6 is 0 Å². The van der Waals surface area contributed by atoms with Crippen LogP contribution in [0.4, 0.5) is 0 Å². The van der Waals surface area contributed by atoms with Gasteiger partial charge in [-0.2, -0.15) is 5.10 Å². The number of hydrogen-bond acceptors (Lipinski definition) is 4. The number of nitrogens with one attached hydrogen (secondary N) is 1. The molecule has 1 aromatic carbocycles. The monoisotopic (exact) mass is 422 g/mol. The number of nitrogens with zero attached hydrogens (tertiary/aromatic N) is 3. The van der Waals surface area contributed by atoms with Gasteiger partial charge in [0.2, 0.25) is 0 Å². The topological polar surface area (TPSA) is 59.4 Å². The molecule has 4 fully saturated rings. The van der Waals surface area contributed by atoms with Crippen molar-refractivity contribution in [2.75, 3.05) is 26.7 Å². The molecule has 1 amide bonds. The molecule has 31 heavy (non-hydrogen) atoms. The highest BCUT2D eigenvalue weighted by molar-refractivity contribution is 5.94. The third kappa shape index (κ3) is 4.10. The molecule has 6 rings (SSSR count). The minimum Gasteiger partial charge on any atom is -0.497 e. The van der Waals surface area contributed by atoms with Crippen molar-refractivity contribution < 1.29 is 9.53 Å². The quantitative estimate of drug-likeness (QED) is 0.771. The normalized spacial score (nSPS) is 28.1. The van der Waals surface area contributed by atoms with Crippen LogP contribution in [0.25, 0.3) is 0 Å². The average Bonchev–Trinajstić information content (AvgIpc) is 3.48. The molecule has 4 atom stereocenters. The van der Waals surface area contributed by atoms with E-state index in [-0.39, 0.29) is 5.91 Å². The Labute approximate surface area is 185 Å². The van der Waals surface area contributed by atoms with Crippen molar-refractivity contribution in [3.63, 3.8) is 0 Å². The van der Waals surface area contributed by atoms with E-state index in [1.807, 2.05) is 24.3 Å². The molecule has 1 aromatic heterocycles. The van der Waals surface area contributed by atoms with E-state index in [0.29, 0.717) is 35.9 Å². The number of fused-ring (bicyclic) bond motifs is 3. The summed E-state index contributed by atoms with van der Waals surface area (Å²) in [4.78, 5) is 15.2. The van der Waals surface area contributed by atoms with Crippen molar-refractivity contribution in [2.45, 2.75) is 56.4 Å². The number of carbonyl (C=O) groups excluding carboxylic acids is 1. The predicted molar refractivity (Wildman–Crippen MR) is 121 cm³/mol. The van der Waals surface area contributed by atoms with Crippen LogP contribution < -0.4 is 10.1 Å². The number of methoxy groups -OCH3 is 1. The van der Waals surface area contributed by atoms with Crippen LogP contribution in [0.15, 0.2) is 30.3 Å². The Morgan fingerprint density at radius 3 is 2.65 bits per heavy atom. The van der Waals surface area contributed by atoms with Crippen molar-refractivity contribution in [3.05, 3.63) is 47.3 Å². The number of rotatable bonds is 6. The van der Waals surface area contributed by atoms with E-state index < -0.39 is 0 Å². The van der Waals surface area contributed by atoms with E-state index >= 15 is 0 Å². The zero-order chi connectivity index (χ0) is 21.4. The molecule has 1 aliphatic carbocycles. The fraction of sp³-hybridized carbons (Fsp3) is 0.600. The summed E-state index contributed by atoms with van der Waals surface area (Å²) in [5.41, 5.74) is 3.41. The Balaban J connectivity index is 1.20. The minimum atomic E-state index is -0.00492. The average molecular weight is 423 g/mol. The van der Waals surface area contributed by atoms with Gasteiger partial charge >= 0.3 is 0 Å². The maximum atomic E-state index is 12.6. The van der Waals surface area contributed by atoms with Crippen molar-refractivity contribution in [2.24, 2.45) is 13.0 Å². The van der Waals surface area contributed by atoms with Crippen molar-refractivity contribution in [1.82, 2.24) is 20.0 Å². The molecule has 2 bridgehead atoms. The molecule has 1 saturated carbocycles. The first-order valence-corrected chi connectivity index (χ1v) is 11.8. The van der Waals surface area contributed by atoms with Crippen LogP contribution in [0.5, 0.6) is 5.75 Å². The highest BCUT2D eigenvalue weighted by atomic mass is 16.5. The molecule has 2 aromatic rings. The molecule has 6 heteroatoms. The van der Waals surface area contributed by atoms with Gasteiger partial charge < -0.3 is 10.1 Å². The molecule has 6 nitrogen and oxygen atoms in total. The summed E-state index contributed by atoms with van der Waals surface area (Å²) in [6.45, 7) is 2.93. The van der Waals surface area contributed by atoms with Crippen LogP contribution in [0.1, 0.15) is 72.1 Å². The number of ether oxygens (including phenoxy) is 1. The molecule has 3 saturated heterocycles. The molecule has 4 heterocycles. The first kappa shape index (κ1) is 20.6. The van der Waals surface area contributed by atoms with Gasteiger partial charge in [-0.25, -0.2) is 0 Å². The smallest absolute Gasteiger partial charge is 0.251 e. The van der Waals surface area contributed by atoms with Gasteiger partial charge in [0.05, 0.1) is 12.8 Å². The van der Waals surface area contributed by atoms with Crippen LogP contribution in [0.2, 0.25) is 0 Å². The zero-order valence-electron chi connectivity index (χ0n) is 18.7. The second-order valence-electron chi connectivity index (χ2n) is 9.58. The highest BCUT2D eigenvalue weighted by Crippen LogP contribution is 2.43. The van der Waals surface area contributed by atoms with Gasteiger partial charge in [0.25, 0.3) is 5.91 Å². The maximum absolute atomic E-state index is 12.6. The fourth-order valence-corrected chi connectivity index (χ4v) is 6.01. The van der Waals surface area contributed by atoms with Gasteiger partial charge in [-0.1, -0.05) is 12.8 Å². The van der Waals surface area contributed by atoms with Gasteiger partial charge in [-0.3, -0.25) is 14.4 Å². The summed E-state index contributed by atoms with van der Waals surface area (Å²) in [6.07, 6.45) is 7.69. The van der Waals surface area contributed by atoms with Gasteiger partial charge in [-0.15, -0.1) is 0 Å². The number of aromatic nitrogens is 2. The van der Waals surface area contributed by atoms with Crippen molar-refractivity contribution in [3.8, 4) is 5.75 Å². The Morgan fingerprint density at radius 1 is 1.19 bits per heavy atom. The molecular formula is C25H34N4O2. The third-order valence-electron chi connectivity index (χ3n) is 7.82. The molecular weight excluding hydrogens is 388 g/mol. The van der Waals surface area contributed by atoms with E-state index in [2.05, 4.69) is 28.0 Å². The van der Waals surface area contributed by atoms with Gasteiger partial charge in [0.1, 0.15) is 5.75 Å². The fourth-order valence-electron chi connectivity index (χ4n) is 6.01. The number of benzene rings is 1. The lowest BCUT2D eigenvalue weighted by molar-refractivity contribution is 0.0280.